The predicted molar refractivity (Wildman–Crippen MR) is 109 cm³/mol. The fourth-order valence-electron chi connectivity index (χ4n) is 3.29. The van der Waals surface area contributed by atoms with E-state index in [-0.39, 0.29) is 18.2 Å². The van der Waals surface area contributed by atoms with Crippen LogP contribution >= 0.6 is 0 Å². The Bertz CT molecular complexity index is 900. The van der Waals surface area contributed by atoms with Crippen molar-refractivity contribution < 1.29 is 17.9 Å². The smallest absolute Gasteiger partial charge is 0.238 e. The number of ether oxygens (including phenoxy) is 1. The first-order valence-electron chi connectivity index (χ1n) is 9.53. The van der Waals surface area contributed by atoms with E-state index < -0.39 is 16.1 Å². The highest BCUT2D eigenvalue weighted by Crippen LogP contribution is 2.26. The molecule has 0 fully saturated rings. The zero-order valence-corrected chi connectivity index (χ0v) is 16.8. The van der Waals surface area contributed by atoms with Crippen LogP contribution in [0.5, 0.6) is 5.75 Å². The Balaban J connectivity index is 1.58. The second kappa shape index (κ2) is 9.21. The van der Waals surface area contributed by atoms with Gasteiger partial charge in [0.15, 0.2) is 0 Å². The highest BCUT2D eigenvalue weighted by molar-refractivity contribution is 7.89. The monoisotopic (exact) mass is 402 g/mol. The van der Waals surface area contributed by atoms with Crippen LogP contribution in [0.2, 0.25) is 0 Å². The van der Waals surface area contributed by atoms with E-state index in [0.29, 0.717) is 26.0 Å². The first-order valence-corrected chi connectivity index (χ1v) is 11.1. The molecule has 3 rings (SSSR count). The maximum atomic E-state index is 12.8. The number of rotatable bonds is 8. The Morgan fingerprint density at radius 3 is 2.50 bits per heavy atom. The second-order valence-corrected chi connectivity index (χ2v) is 8.95. The minimum Gasteiger partial charge on any atom is -0.494 e. The van der Waals surface area contributed by atoms with E-state index in [9.17, 15) is 13.2 Å². The fourth-order valence-corrected chi connectivity index (χ4v) is 4.51. The number of hydrogen-bond acceptors (Lipinski definition) is 4. The van der Waals surface area contributed by atoms with Gasteiger partial charge in [0.25, 0.3) is 0 Å². The molecule has 0 radical (unpaired) electrons. The molecule has 1 aliphatic rings. The number of hydrogen-bond donors (Lipinski definition) is 1. The lowest BCUT2D eigenvalue weighted by Gasteiger charge is -2.34. The van der Waals surface area contributed by atoms with Gasteiger partial charge >= 0.3 is 0 Å². The quantitative estimate of drug-likeness (QED) is 0.688. The topological polar surface area (TPSA) is 75.7 Å². The summed E-state index contributed by atoms with van der Waals surface area (Å²) < 4.78 is 32.0. The van der Waals surface area contributed by atoms with Crippen molar-refractivity contribution in [3.05, 3.63) is 65.7 Å². The second-order valence-electron chi connectivity index (χ2n) is 6.74. The van der Waals surface area contributed by atoms with Crippen molar-refractivity contribution in [2.45, 2.75) is 32.4 Å². The number of sulfonamides is 1. The normalized spacial score (nSPS) is 17.0. The summed E-state index contributed by atoms with van der Waals surface area (Å²) in [5, 5.41) is 2.87. The Morgan fingerprint density at radius 1 is 1.11 bits per heavy atom. The van der Waals surface area contributed by atoms with Gasteiger partial charge in [0.05, 0.1) is 12.4 Å². The van der Waals surface area contributed by atoms with E-state index in [2.05, 4.69) is 5.32 Å². The molecule has 0 spiro atoms. The van der Waals surface area contributed by atoms with Crippen LogP contribution in [0.3, 0.4) is 0 Å². The predicted octanol–water partition coefficient (Wildman–Crippen LogP) is 2.35. The molecule has 150 valence electrons. The molecule has 28 heavy (non-hydrogen) atoms. The van der Waals surface area contributed by atoms with Gasteiger partial charge in [-0.05, 0) is 43.0 Å². The highest BCUT2D eigenvalue weighted by atomic mass is 32.2. The van der Waals surface area contributed by atoms with Crippen molar-refractivity contribution in [2.75, 3.05) is 18.9 Å². The van der Waals surface area contributed by atoms with Gasteiger partial charge < -0.3 is 10.1 Å². The number of carbonyl (C=O) groups is 1. The van der Waals surface area contributed by atoms with Crippen LogP contribution in [0.15, 0.2) is 54.6 Å². The lowest BCUT2D eigenvalue weighted by atomic mass is 9.95. The van der Waals surface area contributed by atoms with Gasteiger partial charge in [-0.3, -0.25) is 4.79 Å². The van der Waals surface area contributed by atoms with E-state index in [1.165, 1.54) is 4.31 Å². The molecule has 0 aromatic heterocycles. The number of amides is 1. The summed E-state index contributed by atoms with van der Waals surface area (Å²) in [5.41, 5.74) is 1.98. The van der Waals surface area contributed by atoms with E-state index in [1.54, 1.807) is 6.92 Å². The standard InChI is InChI=1S/C21H26N2O4S/c1-2-28(25,26)23-16-18-10-7-6-9-17(18)15-20(23)21(24)22-13-8-14-27-19-11-4-3-5-12-19/h3-7,9-12,20H,2,8,13-16H2,1H3,(H,22,24)/t20-/m1/s1. The first kappa shape index (κ1) is 20.4. The average Bonchev–Trinajstić information content (AvgIpc) is 2.73. The molecule has 0 bridgehead atoms. The van der Waals surface area contributed by atoms with Crippen LogP contribution in [0.4, 0.5) is 0 Å². The van der Waals surface area contributed by atoms with E-state index in [4.69, 9.17) is 4.74 Å². The van der Waals surface area contributed by atoms with Gasteiger partial charge in [-0.2, -0.15) is 4.31 Å². The largest absolute Gasteiger partial charge is 0.494 e. The molecule has 7 heteroatoms. The Labute approximate surface area is 166 Å². The van der Waals surface area contributed by atoms with E-state index in [1.807, 2.05) is 54.6 Å². The maximum Gasteiger partial charge on any atom is 0.238 e. The molecule has 1 heterocycles. The molecule has 1 atom stereocenters. The lowest BCUT2D eigenvalue weighted by molar-refractivity contribution is -0.125. The number of carbonyl (C=O) groups excluding carboxylic acids is 1. The number of nitrogens with one attached hydrogen (secondary N) is 1. The number of benzene rings is 2. The van der Waals surface area contributed by atoms with Crippen molar-refractivity contribution in [1.29, 1.82) is 0 Å². The summed E-state index contributed by atoms with van der Waals surface area (Å²) in [6.07, 6.45) is 1.03. The third kappa shape index (κ3) is 4.91. The van der Waals surface area contributed by atoms with E-state index >= 15 is 0 Å². The molecule has 0 aliphatic carbocycles. The molecule has 2 aromatic carbocycles. The molecule has 1 aliphatic heterocycles. The van der Waals surface area contributed by atoms with Crippen molar-refractivity contribution >= 4 is 15.9 Å². The van der Waals surface area contributed by atoms with Crippen LogP contribution in [0.1, 0.15) is 24.5 Å². The number of nitrogens with zero attached hydrogens (tertiary/aromatic N) is 1. The van der Waals surface area contributed by atoms with Gasteiger partial charge in [-0.25, -0.2) is 8.42 Å². The zero-order valence-electron chi connectivity index (χ0n) is 16.0. The minimum atomic E-state index is -3.48. The van der Waals surface area contributed by atoms with E-state index in [0.717, 1.165) is 16.9 Å². The fraction of sp³-hybridized carbons (Fsp3) is 0.381. The van der Waals surface area contributed by atoms with Crippen molar-refractivity contribution in [3.8, 4) is 5.75 Å². The number of para-hydroxylation sites is 1. The van der Waals surface area contributed by atoms with Crippen LogP contribution in [-0.2, 0) is 27.8 Å². The molecule has 1 amide bonds. The van der Waals surface area contributed by atoms with Crippen LogP contribution in [-0.4, -0.2) is 43.6 Å². The van der Waals surface area contributed by atoms with Gasteiger partial charge in [-0.1, -0.05) is 42.5 Å². The van der Waals surface area contributed by atoms with Gasteiger partial charge in [0.2, 0.25) is 15.9 Å². The summed E-state index contributed by atoms with van der Waals surface area (Å²) in [6, 6.07) is 16.5. The SMILES string of the molecule is CCS(=O)(=O)N1Cc2ccccc2C[C@@H]1C(=O)NCCCOc1ccccc1. The lowest BCUT2D eigenvalue weighted by Crippen LogP contribution is -2.53. The molecular weight excluding hydrogens is 376 g/mol. The summed E-state index contributed by atoms with van der Waals surface area (Å²) in [4.78, 5) is 12.8. The summed E-state index contributed by atoms with van der Waals surface area (Å²) >= 11 is 0. The summed E-state index contributed by atoms with van der Waals surface area (Å²) in [5.74, 6) is 0.508. The molecule has 1 N–H and O–H groups in total. The molecule has 2 aromatic rings. The minimum absolute atomic E-state index is 0.0239. The summed E-state index contributed by atoms with van der Waals surface area (Å²) in [7, 11) is -3.48. The Morgan fingerprint density at radius 2 is 1.79 bits per heavy atom. The molecule has 0 saturated heterocycles. The molecule has 6 nitrogen and oxygen atoms in total. The van der Waals surface area contributed by atoms with Crippen molar-refractivity contribution in [2.24, 2.45) is 0 Å². The van der Waals surface area contributed by atoms with Gasteiger partial charge in [-0.15, -0.1) is 0 Å². The molecular formula is C21H26N2O4S. The summed E-state index contributed by atoms with van der Waals surface area (Å²) in [6.45, 7) is 2.76. The van der Waals surface area contributed by atoms with Crippen LogP contribution < -0.4 is 10.1 Å². The van der Waals surface area contributed by atoms with Crippen LogP contribution in [0.25, 0.3) is 0 Å². The van der Waals surface area contributed by atoms with Gasteiger partial charge in [0, 0.05) is 13.1 Å². The first-order chi connectivity index (χ1) is 13.5. The van der Waals surface area contributed by atoms with Gasteiger partial charge in [0.1, 0.15) is 11.8 Å². The number of fused-ring (bicyclic) bond motifs is 1. The molecule has 0 saturated carbocycles. The highest BCUT2D eigenvalue weighted by Gasteiger charge is 2.37. The average molecular weight is 403 g/mol. The third-order valence-electron chi connectivity index (χ3n) is 4.86. The third-order valence-corrected chi connectivity index (χ3v) is 6.69. The molecule has 0 unspecified atom stereocenters. The maximum absolute atomic E-state index is 12.8. The Kier molecular flexibility index (Phi) is 6.70. The Hall–Kier alpha value is -2.38. The van der Waals surface area contributed by atoms with Crippen molar-refractivity contribution in [3.63, 3.8) is 0 Å². The van der Waals surface area contributed by atoms with Crippen molar-refractivity contribution in [1.82, 2.24) is 9.62 Å². The van der Waals surface area contributed by atoms with Crippen LogP contribution in [0, 0.1) is 0 Å². The zero-order chi connectivity index (χ0) is 20.0.